The summed E-state index contributed by atoms with van der Waals surface area (Å²) >= 11 is 0. The quantitative estimate of drug-likeness (QED) is 0.640. The van der Waals surface area contributed by atoms with E-state index in [2.05, 4.69) is 26.1 Å². The third-order valence-corrected chi connectivity index (χ3v) is 3.29. The Morgan fingerprint density at radius 2 is 1.79 bits per heavy atom. The molecule has 0 aromatic rings. The van der Waals surface area contributed by atoms with Crippen LogP contribution >= 0.6 is 0 Å². The molecule has 0 fully saturated rings. The topological polar surface area (TPSA) is 52.6 Å². The Bertz CT molecular complexity index is 242. The highest BCUT2D eigenvalue weighted by Crippen LogP contribution is 2.08. The summed E-state index contributed by atoms with van der Waals surface area (Å²) in [6.45, 7) is 11.6. The fourth-order valence-corrected chi connectivity index (χ4v) is 2.06. The summed E-state index contributed by atoms with van der Waals surface area (Å²) in [5.74, 6) is 0.781. The molecular weight excluding hydrogens is 240 g/mol. The molecule has 0 aliphatic rings. The first-order chi connectivity index (χ1) is 8.86. The zero-order valence-electron chi connectivity index (χ0n) is 13.3. The number of carbonyl (C=O) groups excluding carboxylic acids is 1. The molecule has 1 atom stereocenters. The summed E-state index contributed by atoms with van der Waals surface area (Å²) in [5, 5.41) is 12.0. The highest BCUT2D eigenvalue weighted by atomic mass is 16.3. The Morgan fingerprint density at radius 3 is 2.26 bits per heavy atom. The van der Waals surface area contributed by atoms with Gasteiger partial charge >= 0.3 is 0 Å². The van der Waals surface area contributed by atoms with E-state index in [1.54, 1.807) is 0 Å². The Morgan fingerprint density at radius 1 is 1.16 bits per heavy atom. The fraction of sp³-hybridized carbons (Fsp3) is 0.933. The molecule has 0 spiro atoms. The molecular formula is C15H32N2O2. The summed E-state index contributed by atoms with van der Waals surface area (Å²) in [5.41, 5.74) is 0. The van der Waals surface area contributed by atoms with Crippen LogP contribution in [0.25, 0.3) is 0 Å². The lowest BCUT2D eigenvalue weighted by atomic mass is 10.0. The van der Waals surface area contributed by atoms with Crippen LogP contribution in [0.4, 0.5) is 0 Å². The van der Waals surface area contributed by atoms with Crippen LogP contribution in [0.15, 0.2) is 0 Å². The summed E-state index contributed by atoms with van der Waals surface area (Å²) in [4.78, 5) is 13.9. The number of nitrogens with zero attached hydrogens (tertiary/aromatic N) is 1. The number of aliphatic hydroxyl groups is 1. The summed E-state index contributed by atoms with van der Waals surface area (Å²) < 4.78 is 0. The highest BCUT2D eigenvalue weighted by molar-refractivity contribution is 5.78. The number of carbonyl (C=O) groups is 1. The lowest BCUT2D eigenvalue weighted by Gasteiger charge is -2.25. The molecule has 0 saturated heterocycles. The van der Waals surface area contributed by atoms with Crippen molar-refractivity contribution >= 4 is 5.91 Å². The van der Waals surface area contributed by atoms with Gasteiger partial charge in [-0.3, -0.25) is 9.69 Å². The third-order valence-electron chi connectivity index (χ3n) is 3.29. The van der Waals surface area contributed by atoms with Crippen molar-refractivity contribution < 1.29 is 9.90 Å². The number of hydrogen-bond donors (Lipinski definition) is 2. The third kappa shape index (κ3) is 9.91. The van der Waals surface area contributed by atoms with Gasteiger partial charge in [0.2, 0.25) is 5.91 Å². The van der Waals surface area contributed by atoms with Gasteiger partial charge in [-0.05, 0) is 33.1 Å². The van der Waals surface area contributed by atoms with E-state index in [4.69, 9.17) is 5.11 Å². The molecule has 2 N–H and O–H groups in total. The maximum atomic E-state index is 11.9. The lowest BCUT2D eigenvalue weighted by molar-refractivity contribution is -0.123. The summed E-state index contributed by atoms with van der Waals surface area (Å²) in [7, 11) is 0. The first-order valence-corrected chi connectivity index (χ1v) is 7.51. The monoisotopic (exact) mass is 272 g/mol. The van der Waals surface area contributed by atoms with Crippen molar-refractivity contribution in [1.82, 2.24) is 10.2 Å². The second kappa shape index (κ2) is 10.2. The Kier molecular flexibility index (Phi) is 9.88. The zero-order chi connectivity index (χ0) is 14.8. The van der Waals surface area contributed by atoms with E-state index < -0.39 is 0 Å². The van der Waals surface area contributed by atoms with Gasteiger partial charge in [-0.15, -0.1) is 0 Å². The molecule has 4 nitrogen and oxygen atoms in total. The average Bonchev–Trinajstić information content (AvgIpc) is 2.27. The van der Waals surface area contributed by atoms with Gasteiger partial charge in [0.25, 0.3) is 0 Å². The second-order valence-electron chi connectivity index (χ2n) is 6.08. The van der Waals surface area contributed by atoms with Gasteiger partial charge in [0.05, 0.1) is 13.2 Å². The highest BCUT2D eigenvalue weighted by Gasteiger charge is 2.14. The van der Waals surface area contributed by atoms with Crippen LogP contribution in [0.2, 0.25) is 0 Å². The van der Waals surface area contributed by atoms with Gasteiger partial charge < -0.3 is 10.4 Å². The smallest absolute Gasteiger partial charge is 0.234 e. The van der Waals surface area contributed by atoms with Crippen molar-refractivity contribution in [3.05, 3.63) is 0 Å². The molecule has 1 unspecified atom stereocenters. The molecule has 0 saturated carbocycles. The summed E-state index contributed by atoms with van der Waals surface area (Å²) in [6.07, 6.45) is 3.40. The van der Waals surface area contributed by atoms with E-state index in [0.717, 1.165) is 18.8 Å². The number of aliphatic hydroxyl groups excluding tert-OH is 1. The van der Waals surface area contributed by atoms with E-state index in [9.17, 15) is 4.79 Å². The van der Waals surface area contributed by atoms with E-state index in [0.29, 0.717) is 13.1 Å². The standard InChI is InChI=1S/C15H32N2O2/c1-12(2)7-6-8-14(5)16-15(19)11-17(9-10-18)13(3)4/h12-14,18H,6-11H2,1-5H3,(H,16,19). The predicted octanol–water partition coefficient (Wildman–Crippen LogP) is 2.02. The average molecular weight is 272 g/mol. The van der Waals surface area contributed by atoms with Gasteiger partial charge in [-0.25, -0.2) is 0 Å². The van der Waals surface area contributed by atoms with Crippen LogP contribution in [-0.2, 0) is 4.79 Å². The first-order valence-electron chi connectivity index (χ1n) is 7.51. The molecule has 1 amide bonds. The van der Waals surface area contributed by atoms with Gasteiger partial charge in [0.1, 0.15) is 0 Å². The normalized spacial score (nSPS) is 13.3. The molecule has 19 heavy (non-hydrogen) atoms. The zero-order valence-corrected chi connectivity index (χ0v) is 13.3. The van der Waals surface area contributed by atoms with Crippen molar-refractivity contribution in [2.24, 2.45) is 5.92 Å². The van der Waals surface area contributed by atoms with Gasteiger partial charge in [-0.1, -0.05) is 26.7 Å². The maximum Gasteiger partial charge on any atom is 0.234 e. The number of amides is 1. The SMILES string of the molecule is CC(C)CCCC(C)NC(=O)CN(CCO)C(C)C. The van der Waals surface area contributed by atoms with Gasteiger partial charge in [0.15, 0.2) is 0 Å². The minimum Gasteiger partial charge on any atom is -0.395 e. The molecule has 0 heterocycles. The van der Waals surface area contributed by atoms with Crippen LogP contribution in [0, 0.1) is 5.92 Å². The second-order valence-corrected chi connectivity index (χ2v) is 6.08. The largest absolute Gasteiger partial charge is 0.395 e. The van der Waals surface area contributed by atoms with Gasteiger partial charge in [0, 0.05) is 18.6 Å². The van der Waals surface area contributed by atoms with Crippen LogP contribution in [-0.4, -0.2) is 47.7 Å². The molecule has 4 heteroatoms. The van der Waals surface area contributed by atoms with Crippen molar-refractivity contribution in [1.29, 1.82) is 0 Å². The molecule has 0 aliphatic carbocycles. The number of hydrogen-bond acceptors (Lipinski definition) is 3. The van der Waals surface area contributed by atoms with Crippen molar-refractivity contribution in [2.45, 2.75) is 66.0 Å². The van der Waals surface area contributed by atoms with Crippen LogP contribution < -0.4 is 5.32 Å². The van der Waals surface area contributed by atoms with Crippen molar-refractivity contribution in [3.63, 3.8) is 0 Å². The Balaban J connectivity index is 3.94. The summed E-state index contributed by atoms with van der Waals surface area (Å²) in [6, 6.07) is 0.503. The molecule has 0 rings (SSSR count). The van der Waals surface area contributed by atoms with Crippen molar-refractivity contribution in [3.8, 4) is 0 Å². The van der Waals surface area contributed by atoms with E-state index in [1.165, 1.54) is 6.42 Å². The fourth-order valence-electron chi connectivity index (χ4n) is 2.06. The molecule has 0 radical (unpaired) electrons. The number of nitrogens with one attached hydrogen (secondary N) is 1. The van der Waals surface area contributed by atoms with E-state index in [1.807, 2.05) is 18.7 Å². The Labute approximate surface area is 118 Å². The number of rotatable bonds is 10. The Hall–Kier alpha value is -0.610. The van der Waals surface area contributed by atoms with Crippen LogP contribution in [0.5, 0.6) is 0 Å². The van der Waals surface area contributed by atoms with E-state index >= 15 is 0 Å². The molecule has 0 aliphatic heterocycles. The lowest BCUT2D eigenvalue weighted by Crippen LogP contribution is -2.44. The van der Waals surface area contributed by atoms with Gasteiger partial charge in [-0.2, -0.15) is 0 Å². The first kappa shape index (κ1) is 18.4. The predicted molar refractivity (Wildman–Crippen MR) is 80.1 cm³/mol. The molecule has 0 aromatic heterocycles. The molecule has 0 aromatic carbocycles. The molecule has 0 bridgehead atoms. The minimum atomic E-state index is 0.0548. The van der Waals surface area contributed by atoms with Crippen LogP contribution in [0.3, 0.4) is 0 Å². The van der Waals surface area contributed by atoms with E-state index in [-0.39, 0.29) is 24.6 Å². The molecule has 114 valence electrons. The van der Waals surface area contributed by atoms with Crippen molar-refractivity contribution in [2.75, 3.05) is 19.7 Å². The van der Waals surface area contributed by atoms with Crippen LogP contribution in [0.1, 0.15) is 53.9 Å². The maximum absolute atomic E-state index is 11.9. The minimum absolute atomic E-state index is 0.0548.